The van der Waals surface area contributed by atoms with E-state index in [4.69, 9.17) is 10.6 Å². The van der Waals surface area contributed by atoms with Crippen molar-refractivity contribution in [1.82, 2.24) is 15.0 Å². The SMILES string of the molecule is Cn1cnc(C(NN)C2CCOC3(CCCC3)C2)c1. The van der Waals surface area contributed by atoms with Crippen LogP contribution in [0, 0.1) is 5.92 Å². The van der Waals surface area contributed by atoms with E-state index in [1.54, 1.807) is 0 Å². The molecule has 5 heteroatoms. The molecule has 0 radical (unpaired) electrons. The van der Waals surface area contributed by atoms with Gasteiger partial charge >= 0.3 is 0 Å². The minimum Gasteiger partial charge on any atom is -0.375 e. The van der Waals surface area contributed by atoms with Crippen LogP contribution in [0.2, 0.25) is 0 Å². The van der Waals surface area contributed by atoms with Crippen LogP contribution in [0.25, 0.3) is 0 Å². The molecular weight excluding hydrogens is 240 g/mol. The van der Waals surface area contributed by atoms with Crippen LogP contribution in [0.15, 0.2) is 12.5 Å². The first kappa shape index (κ1) is 13.1. The average Bonchev–Trinajstić information content (AvgIpc) is 3.01. The molecule has 1 aliphatic heterocycles. The van der Waals surface area contributed by atoms with E-state index in [1.807, 2.05) is 17.9 Å². The van der Waals surface area contributed by atoms with Crippen molar-refractivity contribution < 1.29 is 4.74 Å². The van der Waals surface area contributed by atoms with E-state index in [0.717, 1.165) is 25.1 Å². The highest BCUT2D eigenvalue weighted by molar-refractivity contribution is 5.07. The predicted octanol–water partition coefficient (Wildman–Crippen LogP) is 1.66. The van der Waals surface area contributed by atoms with E-state index in [9.17, 15) is 0 Å². The molecule has 2 atom stereocenters. The Hall–Kier alpha value is -0.910. The molecule has 5 nitrogen and oxygen atoms in total. The highest BCUT2D eigenvalue weighted by Crippen LogP contribution is 2.44. The predicted molar refractivity (Wildman–Crippen MR) is 73.1 cm³/mol. The van der Waals surface area contributed by atoms with Crippen LogP contribution < -0.4 is 11.3 Å². The summed E-state index contributed by atoms with van der Waals surface area (Å²) in [7, 11) is 1.99. The Morgan fingerprint density at radius 1 is 1.53 bits per heavy atom. The number of nitrogens with one attached hydrogen (secondary N) is 1. The molecule has 3 N–H and O–H groups in total. The summed E-state index contributed by atoms with van der Waals surface area (Å²) in [5.41, 5.74) is 4.15. The maximum atomic E-state index is 6.10. The second-order valence-corrected chi connectivity index (χ2v) is 6.10. The number of hydrogen-bond acceptors (Lipinski definition) is 4. The van der Waals surface area contributed by atoms with Crippen molar-refractivity contribution >= 4 is 0 Å². The van der Waals surface area contributed by atoms with Crippen molar-refractivity contribution in [3.05, 3.63) is 18.2 Å². The van der Waals surface area contributed by atoms with Crippen molar-refractivity contribution in [2.24, 2.45) is 18.8 Å². The van der Waals surface area contributed by atoms with Crippen molar-refractivity contribution in [2.45, 2.75) is 50.2 Å². The highest BCUT2D eigenvalue weighted by atomic mass is 16.5. The van der Waals surface area contributed by atoms with Crippen molar-refractivity contribution in [3.8, 4) is 0 Å². The quantitative estimate of drug-likeness (QED) is 0.644. The molecule has 1 aromatic heterocycles. The summed E-state index contributed by atoms with van der Waals surface area (Å²) in [6.45, 7) is 0.857. The smallest absolute Gasteiger partial charge is 0.0947 e. The fraction of sp³-hybridized carbons (Fsp3) is 0.786. The maximum Gasteiger partial charge on any atom is 0.0947 e. The molecule has 19 heavy (non-hydrogen) atoms. The molecule has 2 unspecified atom stereocenters. The molecule has 1 aromatic rings. The fourth-order valence-electron chi connectivity index (χ4n) is 3.77. The molecular formula is C14H24N4O. The average molecular weight is 264 g/mol. The van der Waals surface area contributed by atoms with E-state index in [2.05, 4.69) is 16.6 Å². The van der Waals surface area contributed by atoms with Gasteiger partial charge in [0, 0.05) is 19.9 Å². The lowest BCUT2D eigenvalue weighted by molar-refractivity contribution is -0.0984. The van der Waals surface area contributed by atoms with Crippen LogP contribution in [0.5, 0.6) is 0 Å². The van der Waals surface area contributed by atoms with Crippen LogP contribution >= 0.6 is 0 Å². The van der Waals surface area contributed by atoms with Crippen molar-refractivity contribution in [1.29, 1.82) is 0 Å². The number of nitrogens with two attached hydrogens (primary N) is 1. The molecule has 1 saturated carbocycles. The van der Waals surface area contributed by atoms with E-state index >= 15 is 0 Å². The Morgan fingerprint density at radius 2 is 2.32 bits per heavy atom. The van der Waals surface area contributed by atoms with Gasteiger partial charge in [-0.1, -0.05) is 12.8 Å². The van der Waals surface area contributed by atoms with Gasteiger partial charge in [0.2, 0.25) is 0 Å². The van der Waals surface area contributed by atoms with Crippen LogP contribution in [-0.2, 0) is 11.8 Å². The van der Waals surface area contributed by atoms with Crippen LogP contribution in [0.3, 0.4) is 0 Å². The number of rotatable bonds is 3. The summed E-state index contributed by atoms with van der Waals surface area (Å²) in [4.78, 5) is 4.46. The number of nitrogens with zero attached hydrogens (tertiary/aromatic N) is 2. The molecule has 2 heterocycles. The third kappa shape index (κ3) is 2.55. The number of ether oxygens (including phenoxy) is 1. The first-order valence-corrected chi connectivity index (χ1v) is 7.30. The third-order valence-corrected chi connectivity index (χ3v) is 4.74. The number of hydrazine groups is 1. The minimum atomic E-state index is 0.132. The van der Waals surface area contributed by atoms with E-state index in [-0.39, 0.29) is 11.6 Å². The standard InChI is InChI=1S/C14H24N4O/c1-18-9-12(16-10-18)13(17-15)11-4-7-19-14(8-11)5-2-3-6-14/h9-11,13,17H,2-8,15H2,1H3. The summed E-state index contributed by atoms with van der Waals surface area (Å²) in [5.74, 6) is 6.31. The van der Waals surface area contributed by atoms with Gasteiger partial charge in [-0.2, -0.15) is 0 Å². The Balaban J connectivity index is 1.76. The van der Waals surface area contributed by atoms with Gasteiger partial charge in [0.15, 0.2) is 0 Å². The largest absolute Gasteiger partial charge is 0.375 e. The van der Waals surface area contributed by atoms with E-state index in [1.165, 1.54) is 25.7 Å². The highest BCUT2D eigenvalue weighted by Gasteiger charge is 2.42. The van der Waals surface area contributed by atoms with Crippen LogP contribution in [0.4, 0.5) is 0 Å². The lowest BCUT2D eigenvalue weighted by atomic mass is 9.80. The molecule has 0 aromatic carbocycles. The Kier molecular flexibility index (Phi) is 3.60. The number of hydrogen-bond donors (Lipinski definition) is 2. The molecule has 0 amide bonds. The summed E-state index contributed by atoms with van der Waals surface area (Å²) in [6.07, 6.45) is 11.1. The van der Waals surface area contributed by atoms with E-state index < -0.39 is 0 Å². The zero-order valence-corrected chi connectivity index (χ0v) is 11.6. The molecule has 0 bridgehead atoms. The maximum absolute atomic E-state index is 6.10. The van der Waals surface area contributed by atoms with Crippen molar-refractivity contribution in [2.75, 3.05) is 6.61 Å². The zero-order valence-electron chi connectivity index (χ0n) is 11.6. The van der Waals surface area contributed by atoms with Gasteiger partial charge in [-0.15, -0.1) is 0 Å². The van der Waals surface area contributed by atoms with Crippen molar-refractivity contribution in [3.63, 3.8) is 0 Å². The van der Waals surface area contributed by atoms with Gasteiger partial charge in [0.1, 0.15) is 0 Å². The fourth-order valence-corrected chi connectivity index (χ4v) is 3.77. The summed E-state index contributed by atoms with van der Waals surface area (Å²) >= 11 is 0. The minimum absolute atomic E-state index is 0.132. The molecule has 2 aliphatic rings. The molecule has 106 valence electrons. The molecule has 2 fully saturated rings. The Bertz CT molecular complexity index is 425. The zero-order chi connectivity index (χ0) is 13.3. The van der Waals surface area contributed by atoms with Gasteiger partial charge in [-0.25, -0.2) is 4.98 Å². The monoisotopic (exact) mass is 264 g/mol. The van der Waals surface area contributed by atoms with Crippen LogP contribution in [-0.4, -0.2) is 21.8 Å². The van der Waals surface area contributed by atoms with E-state index in [0.29, 0.717) is 5.92 Å². The first-order chi connectivity index (χ1) is 9.22. The topological polar surface area (TPSA) is 65.1 Å². The van der Waals surface area contributed by atoms with Gasteiger partial charge in [0.05, 0.1) is 23.7 Å². The summed E-state index contributed by atoms with van der Waals surface area (Å²) < 4.78 is 8.07. The lowest BCUT2D eigenvalue weighted by Gasteiger charge is -2.40. The first-order valence-electron chi connectivity index (χ1n) is 7.30. The van der Waals surface area contributed by atoms with Crippen LogP contribution in [0.1, 0.15) is 50.3 Å². The van der Waals surface area contributed by atoms with Gasteiger partial charge in [-0.05, 0) is 31.6 Å². The second kappa shape index (κ2) is 5.23. The molecule has 1 aliphatic carbocycles. The number of aryl methyl sites for hydroxylation is 1. The summed E-state index contributed by atoms with van der Waals surface area (Å²) in [5, 5.41) is 0. The lowest BCUT2D eigenvalue weighted by Crippen LogP contribution is -2.43. The number of imidazole rings is 1. The third-order valence-electron chi connectivity index (χ3n) is 4.74. The molecule has 3 rings (SSSR count). The normalized spacial score (nSPS) is 27.8. The Morgan fingerprint density at radius 3 is 2.95 bits per heavy atom. The van der Waals surface area contributed by atoms with Gasteiger partial charge in [0.25, 0.3) is 0 Å². The molecule has 1 saturated heterocycles. The Labute approximate surface area is 114 Å². The second-order valence-electron chi connectivity index (χ2n) is 6.10. The van der Waals surface area contributed by atoms with Gasteiger partial charge in [-0.3, -0.25) is 11.3 Å². The molecule has 1 spiro atoms. The summed E-state index contributed by atoms with van der Waals surface area (Å²) in [6, 6.07) is 0.141. The van der Waals surface area contributed by atoms with Gasteiger partial charge < -0.3 is 9.30 Å². The number of aromatic nitrogens is 2.